The SMILES string of the molecule is Cc1cc(OC(C)C(=O)N(Cc2ccccc2)Cc2ccco2)cc(C)c1Cl. The summed E-state index contributed by atoms with van der Waals surface area (Å²) in [5.74, 6) is 1.26. The number of rotatable bonds is 7. The van der Waals surface area contributed by atoms with Crippen molar-refractivity contribution in [2.24, 2.45) is 0 Å². The third-order valence-corrected chi connectivity index (χ3v) is 5.12. The zero-order valence-electron chi connectivity index (χ0n) is 16.3. The number of ether oxygens (including phenoxy) is 1. The number of hydrogen-bond acceptors (Lipinski definition) is 3. The lowest BCUT2D eigenvalue weighted by Crippen LogP contribution is -2.39. The number of hydrogen-bond donors (Lipinski definition) is 0. The minimum atomic E-state index is -0.640. The average molecular weight is 398 g/mol. The van der Waals surface area contributed by atoms with Gasteiger partial charge in [0.2, 0.25) is 0 Å². The fraction of sp³-hybridized carbons (Fsp3) is 0.261. The first-order chi connectivity index (χ1) is 13.4. The van der Waals surface area contributed by atoms with Crippen LogP contribution in [0.15, 0.2) is 65.3 Å². The van der Waals surface area contributed by atoms with E-state index in [2.05, 4.69) is 0 Å². The zero-order chi connectivity index (χ0) is 20.1. The maximum absolute atomic E-state index is 13.1. The van der Waals surface area contributed by atoms with E-state index in [9.17, 15) is 4.79 Å². The summed E-state index contributed by atoms with van der Waals surface area (Å²) < 4.78 is 11.4. The van der Waals surface area contributed by atoms with Gasteiger partial charge in [0.05, 0.1) is 12.8 Å². The van der Waals surface area contributed by atoms with Gasteiger partial charge < -0.3 is 14.1 Å². The minimum Gasteiger partial charge on any atom is -0.481 e. The lowest BCUT2D eigenvalue weighted by atomic mass is 10.1. The van der Waals surface area contributed by atoms with E-state index in [-0.39, 0.29) is 5.91 Å². The van der Waals surface area contributed by atoms with E-state index in [1.165, 1.54) is 0 Å². The van der Waals surface area contributed by atoms with Crippen LogP contribution in [-0.2, 0) is 17.9 Å². The second-order valence-electron chi connectivity index (χ2n) is 6.89. The van der Waals surface area contributed by atoms with Crippen LogP contribution in [0.5, 0.6) is 5.75 Å². The molecule has 1 unspecified atom stereocenters. The molecule has 0 saturated heterocycles. The maximum atomic E-state index is 13.1. The van der Waals surface area contributed by atoms with Crippen LogP contribution in [0.4, 0.5) is 0 Å². The molecule has 1 amide bonds. The molecule has 146 valence electrons. The molecule has 28 heavy (non-hydrogen) atoms. The van der Waals surface area contributed by atoms with Crippen LogP contribution in [0.3, 0.4) is 0 Å². The Morgan fingerprint density at radius 2 is 1.75 bits per heavy atom. The average Bonchev–Trinajstić information content (AvgIpc) is 3.19. The van der Waals surface area contributed by atoms with Gasteiger partial charge in [-0.25, -0.2) is 0 Å². The third-order valence-electron chi connectivity index (χ3n) is 4.53. The molecule has 5 heteroatoms. The van der Waals surface area contributed by atoms with E-state index < -0.39 is 6.10 Å². The highest BCUT2D eigenvalue weighted by molar-refractivity contribution is 6.32. The molecule has 2 aromatic carbocycles. The fourth-order valence-corrected chi connectivity index (χ4v) is 3.20. The van der Waals surface area contributed by atoms with Crippen molar-refractivity contribution < 1.29 is 13.9 Å². The summed E-state index contributed by atoms with van der Waals surface area (Å²) in [4.78, 5) is 14.9. The van der Waals surface area contributed by atoms with Crippen LogP contribution >= 0.6 is 11.6 Å². The molecular weight excluding hydrogens is 374 g/mol. The molecule has 0 bridgehead atoms. The summed E-state index contributed by atoms with van der Waals surface area (Å²) in [6.07, 6.45) is 0.971. The predicted octanol–water partition coefficient (Wildman–Crippen LogP) is 5.55. The van der Waals surface area contributed by atoms with Crippen molar-refractivity contribution in [1.29, 1.82) is 0 Å². The summed E-state index contributed by atoms with van der Waals surface area (Å²) >= 11 is 6.23. The number of furan rings is 1. The number of aryl methyl sites for hydroxylation is 2. The number of nitrogens with zero attached hydrogens (tertiary/aromatic N) is 1. The van der Waals surface area contributed by atoms with E-state index in [1.807, 2.05) is 68.4 Å². The maximum Gasteiger partial charge on any atom is 0.264 e. The van der Waals surface area contributed by atoms with Crippen LogP contribution < -0.4 is 4.74 Å². The second kappa shape index (κ2) is 8.98. The number of carbonyl (C=O) groups excluding carboxylic acids is 1. The van der Waals surface area contributed by atoms with E-state index >= 15 is 0 Å². The lowest BCUT2D eigenvalue weighted by Gasteiger charge is -2.26. The quantitative estimate of drug-likeness (QED) is 0.525. The number of carbonyl (C=O) groups is 1. The van der Waals surface area contributed by atoms with Crippen LogP contribution in [-0.4, -0.2) is 16.9 Å². The summed E-state index contributed by atoms with van der Waals surface area (Å²) in [7, 11) is 0. The fourth-order valence-electron chi connectivity index (χ4n) is 3.09. The van der Waals surface area contributed by atoms with Gasteiger partial charge in [0.15, 0.2) is 6.10 Å². The highest BCUT2D eigenvalue weighted by atomic mass is 35.5. The van der Waals surface area contributed by atoms with Gasteiger partial charge in [0, 0.05) is 11.6 Å². The van der Waals surface area contributed by atoms with Crippen LogP contribution in [0.2, 0.25) is 5.02 Å². The summed E-state index contributed by atoms with van der Waals surface area (Å²) in [5.41, 5.74) is 2.90. The number of amides is 1. The highest BCUT2D eigenvalue weighted by Gasteiger charge is 2.24. The first-order valence-corrected chi connectivity index (χ1v) is 9.60. The molecule has 0 N–H and O–H groups in total. The monoisotopic (exact) mass is 397 g/mol. The van der Waals surface area contributed by atoms with Gasteiger partial charge in [-0.15, -0.1) is 0 Å². The Morgan fingerprint density at radius 1 is 1.07 bits per heavy atom. The molecule has 4 nitrogen and oxygen atoms in total. The van der Waals surface area contributed by atoms with Gasteiger partial charge in [0.1, 0.15) is 11.5 Å². The topological polar surface area (TPSA) is 42.7 Å². The Hall–Kier alpha value is -2.72. The Bertz CT molecular complexity index is 899. The van der Waals surface area contributed by atoms with Crippen molar-refractivity contribution in [1.82, 2.24) is 4.90 Å². The largest absolute Gasteiger partial charge is 0.481 e. The van der Waals surface area contributed by atoms with Crippen LogP contribution in [0, 0.1) is 13.8 Å². The third kappa shape index (κ3) is 4.96. The van der Waals surface area contributed by atoms with Crippen molar-refractivity contribution >= 4 is 17.5 Å². The second-order valence-corrected chi connectivity index (χ2v) is 7.27. The molecule has 0 spiro atoms. The standard InChI is InChI=1S/C23H24ClNO3/c1-16-12-21(13-17(2)22(16)24)28-18(3)23(26)25(15-20-10-7-11-27-20)14-19-8-5-4-6-9-19/h4-13,18H,14-15H2,1-3H3. The summed E-state index contributed by atoms with van der Waals surface area (Å²) in [6, 6.07) is 17.3. The molecule has 0 radical (unpaired) electrons. The Labute approximate surface area is 170 Å². The number of halogens is 1. The van der Waals surface area contributed by atoms with Crippen molar-refractivity contribution in [3.8, 4) is 5.75 Å². The van der Waals surface area contributed by atoms with E-state index in [0.29, 0.717) is 18.8 Å². The smallest absolute Gasteiger partial charge is 0.264 e. The zero-order valence-corrected chi connectivity index (χ0v) is 17.1. The molecule has 0 saturated carbocycles. The molecule has 1 atom stereocenters. The first kappa shape index (κ1) is 20.0. The minimum absolute atomic E-state index is 0.106. The molecule has 1 heterocycles. The summed E-state index contributed by atoms with van der Waals surface area (Å²) in [5, 5.41) is 0.717. The van der Waals surface area contributed by atoms with Gasteiger partial charge in [-0.05, 0) is 61.7 Å². The molecule has 1 aromatic heterocycles. The van der Waals surface area contributed by atoms with Crippen LogP contribution in [0.1, 0.15) is 29.4 Å². The van der Waals surface area contributed by atoms with Gasteiger partial charge in [0.25, 0.3) is 5.91 Å². The van der Waals surface area contributed by atoms with Crippen molar-refractivity contribution in [2.45, 2.75) is 40.0 Å². The first-order valence-electron chi connectivity index (χ1n) is 9.22. The normalized spacial score (nSPS) is 11.9. The van der Waals surface area contributed by atoms with Gasteiger partial charge in [-0.3, -0.25) is 4.79 Å². The lowest BCUT2D eigenvalue weighted by molar-refractivity contribution is -0.139. The van der Waals surface area contributed by atoms with E-state index in [1.54, 1.807) is 18.1 Å². The Kier molecular flexibility index (Phi) is 6.42. The molecule has 3 rings (SSSR count). The molecular formula is C23H24ClNO3. The van der Waals surface area contributed by atoms with Crippen molar-refractivity contribution in [3.63, 3.8) is 0 Å². The van der Waals surface area contributed by atoms with Crippen molar-refractivity contribution in [2.75, 3.05) is 0 Å². The molecule has 0 aliphatic carbocycles. The molecule has 0 fully saturated rings. The Morgan fingerprint density at radius 3 is 2.36 bits per heavy atom. The van der Waals surface area contributed by atoms with E-state index in [4.69, 9.17) is 20.8 Å². The number of benzene rings is 2. The molecule has 0 aliphatic heterocycles. The molecule has 0 aliphatic rings. The van der Waals surface area contributed by atoms with Crippen molar-refractivity contribution in [3.05, 3.63) is 88.3 Å². The predicted molar refractivity (Wildman–Crippen MR) is 110 cm³/mol. The molecule has 3 aromatic rings. The Balaban J connectivity index is 1.77. The van der Waals surface area contributed by atoms with Gasteiger partial charge in [-0.2, -0.15) is 0 Å². The van der Waals surface area contributed by atoms with Crippen LogP contribution in [0.25, 0.3) is 0 Å². The van der Waals surface area contributed by atoms with E-state index in [0.717, 1.165) is 27.5 Å². The summed E-state index contributed by atoms with van der Waals surface area (Å²) in [6.45, 7) is 6.47. The van der Waals surface area contributed by atoms with Gasteiger partial charge >= 0.3 is 0 Å². The highest BCUT2D eigenvalue weighted by Crippen LogP contribution is 2.27. The van der Waals surface area contributed by atoms with Gasteiger partial charge in [-0.1, -0.05) is 41.9 Å².